The first-order valence-corrected chi connectivity index (χ1v) is 10.9. The number of non-ortho nitro benzene ring substituents is 1. The SMILES string of the molecule is CCc1ccc(N(C(=O)COc2ccc([N+](=O)[O-])cc2)S(=O)(=O)c2ccccc2)cc1. The molecule has 0 N–H and O–H groups in total. The Hall–Kier alpha value is -3.72. The lowest BCUT2D eigenvalue weighted by atomic mass is 10.1. The van der Waals surface area contributed by atoms with Crippen molar-refractivity contribution < 1.29 is 22.9 Å². The Morgan fingerprint density at radius 1 is 0.968 bits per heavy atom. The largest absolute Gasteiger partial charge is 0.484 e. The molecule has 0 aliphatic carbocycles. The molecule has 0 spiro atoms. The van der Waals surface area contributed by atoms with Crippen molar-refractivity contribution in [2.24, 2.45) is 0 Å². The van der Waals surface area contributed by atoms with E-state index < -0.39 is 27.5 Å². The van der Waals surface area contributed by atoms with Gasteiger partial charge in [0, 0.05) is 12.1 Å². The molecule has 0 radical (unpaired) electrons. The minimum Gasteiger partial charge on any atom is -0.484 e. The predicted octanol–water partition coefficient (Wildman–Crippen LogP) is 3.96. The monoisotopic (exact) mass is 440 g/mol. The minimum atomic E-state index is -4.18. The van der Waals surface area contributed by atoms with E-state index in [4.69, 9.17) is 4.74 Å². The van der Waals surface area contributed by atoms with Gasteiger partial charge in [-0.2, -0.15) is 4.31 Å². The first-order valence-electron chi connectivity index (χ1n) is 9.42. The first kappa shape index (κ1) is 22.0. The van der Waals surface area contributed by atoms with Gasteiger partial charge in [-0.05, 0) is 48.4 Å². The average Bonchev–Trinajstić information content (AvgIpc) is 2.79. The van der Waals surface area contributed by atoms with E-state index in [1.165, 1.54) is 36.4 Å². The number of anilines is 1. The standard InChI is InChI=1S/C22H20N2O6S/c1-2-17-8-10-18(11-9-17)23(31(28,29)21-6-4-3-5-7-21)22(25)16-30-20-14-12-19(13-15-20)24(26)27/h3-15H,2,16H2,1H3. The van der Waals surface area contributed by atoms with Crippen molar-refractivity contribution in [3.05, 3.63) is 94.5 Å². The number of sulfonamides is 1. The third kappa shape index (κ3) is 5.07. The second kappa shape index (κ2) is 9.40. The second-order valence-corrected chi connectivity index (χ2v) is 8.32. The number of rotatable bonds is 8. The fourth-order valence-corrected chi connectivity index (χ4v) is 4.28. The number of nitrogens with zero attached hydrogens (tertiary/aromatic N) is 2. The van der Waals surface area contributed by atoms with Gasteiger partial charge in [-0.3, -0.25) is 14.9 Å². The van der Waals surface area contributed by atoms with E-state index in [2.05, 4.69) is 0 Å². The Morgan fingerprint density at radius 2 is 1.58 bits per heavy atom. The molecule has 0 saturated carbocycles. The average molecular weight is 440 g/mol. The van der Waals surface area contributed by atoms with Crippen molar-refractivity contribution in [3.8, 4) is 5.75 Å². The molecule has 1 amide bonds. The molecule has 0 aliphatic rings. The zero-order valence-electron chi connectivity index (χ0n) is 16.7. The summed E-state index contributed by atoms with van der Waals surface area (Å²) in [7, 11) is -4.18. The van der Waals surface area contributed by atoms with Gasteiger partial charge in [0.1, 0.15) is 5.75 Å². The van der Waals surface area contributed by atoms with Crippen LogP contribution >= 0.6 is 0 Å². The molecule has 3 aromatic carbocycles. The molecular weight excluding hydrogens is 420 g/mol. The Morgan fingerprint density at radius 3 is 2.13 bits per heavy atom. The minimum absolute atomic E-state index is 0.0294. The van der Waals surface area contributed by atoms with E-state index in [0.717, 1.165) is 12.0 Å². The summed E-state index contributed by atoms with van der Waals surface area (Å²) in [6, 6.07) is 19.5. The topological polar surface area (TPSA) is 107 Å². The number of amides is 1. The summed E-state index contributed by atoms with van der Waals surface area (Å²) in [6.07, 6.45) is 0.767. The number of carbonyl (C=O) groups is 1. The normalized spacial score (nSPS) is 11.0. The van der Waals surface area contributed by atoms with Crippen molar-refractivity contribution in [1.82, 2.24) is 0 Å². The quantitative estimate of drug-likeness (QED) is 0.388. The highest BCUT2D eigenvalue weighted by molar-refractivity contribution is 7.93. The molecule has 0 unspecified atom stereocenters. The lowest BCUT2D eigenvalue weighted by molar-refractivity contribution is -0.384. The summed E-state index contributed by atoms with van der Waals surface area (Å²) in [5.41, 5.74) is 1.07. The maximum Gasteiger partial charge on any atom is 0.278 e. The highest BCUT2D eigenvalue weighted by Crippen LogP contribution is 2.25. The first-order chi connectivity index (χ1) is 14.8. The second-order valence-electron chi connectivity index (χ2n) is 6.54. The molecular formula is C22H20N2O6S. The number of ether oxygens (including phenoxy) is 1. The lowest BCUT2D eigenvalue weighted by Crippen LogP contribution is -2.40. The molecule has 0 aromatic heterocycles. The molecule has 9 heteroatoms. The molecule has 160 valence electrons. The highest BCUT2D eigenvalue weighted by atomic mass is 32.2. The van der Waals surface area contributed by atoms with Crippen LogP contribution in [-0.4, -0.2) is 25.9 Å². The van der Waals surface area contributed by atoms with E-state index in [1.807, 2.05) is 6.92 Å². The van der Waals surface area contributed by atoms with E-state index in [0.29, 0.717) is 4.31 Å². The van der Waals surface area contributed by atoms with Crippen LogP contribution in [0.4, 0.5) is 11.4 Å². The number of hydrogen-bond acceptors (Lipinski definition) is 6. The Bertz CT molecular complexity index is 1160. The van der Waals surface area contributed by atoms with Crippen LogP contribution in [0.2, 0.25) is 0 Å². The van der Waals surface area contributed by atoms with Crippen molar-refractivity contribution in [1.29, 1.82) is 0 Å². The van der Waals surface area contributed by atoms with Gasteiger partial charge in [0.15, 0.2) is 6.61 Å². The number of hydrogen-bond donors (Lipinski definition) is 0. The fraction of sp³-hybridized carbons (Fsp3) is 0.136. The van der Waals surface area contributed by atoms with Crippen LogP contribution in [-0.2, 0) is 21.2 Å². The molecule has 3 aromatic rings. The van der Waals surface area contributed by atoms with Crippen LogP contribution in [0.15, 0.2) is 83.8 Å². The van der Waals surface area contributed by atoms with Crippen molar-refractivity contribution >= 4 is 27.3 Å². The van der Waals surface area contributed by atoms with Gasteiger partial charge < -0.3 is 4.74 Å². The highest BCUT2D eigenvalue weighted by Gasteiger charge is 2.31. The smallest absolute Gasteiger partial charge is 0.278 e. The zero-order valence-corrected chi connectivity index (χ0v) is 17.5. The molecule has 0 atom stereocenters. The predicted molar refractivity (Wildman–Crippen MR) is 116 cm³/mol. The van der Waals surface area contributed by atoms with Crippen molar-refractivity contribution in [2.75, 3.05) is 10.9 Å². The zero-order chi connectivity index (χ0) is 22.4. The van der Waals surface area contributed by atoms with Gasteiger partial charge in [0.2, 0.25) is 0 Å². The molecule has 0 fully saturated rings. The maximum absolute atomic E-state index is 13.2. The van der Waals surface area contributed by atoms with Crippen LogP contribution < -0.4 is 9.04 Å². The molecule has 0 heterocycles. The van der Waals surface area contributed by atoms with E-state index in [-0.39, 0.29) is 22.0 Å². The number of carbonyl (C=O) groups excluding carboxylic acids is 1. The van der Waals surface area contributed by atoms with Crippen LogP contribution in [0.1, 0.15) is 12.5 Å². The van der Waals surface area contributed by atoms with Gasteiger partial charge in [0.25, 0.3) is 21.6 Å². The van der Waals surface area contributed by atoms with E-state index >= 15 is 0 Å². The van der Waals surface area contributed by atoms with Gasteiger partial charge in [-0.15, -0.1) is 0 Å². The fourth-order valence-electron chi connectivity index (χ4n) is 2.85. The molecule has 8 nitrogen and oxygen atoms in total. The summed E-state index contributed by atoms with van der Waals surface area (Å²) < 4.78 is 32.6. The van der Waals surface area contributed by atoms with E-state index in [1.54, 1.807) is 42.5 Å². The lowest BCUT2D eigenvalue weighted by Gasteiger charge is -2.23. The summed E-state index contributed by atoms with van der Waals surface area (Å²) in [4.78, 5) is 23.2. The van der Waals surface area contributed by atoms with E-state index in [9.17, 15) is 23.3 Å². The molecule has 0 saturated heterocycles. The number of aryl methyl sites for hydroxylation is 1. The van der Waals surface area contributed by atoms with Crippen LogP contribution in [0, 0.1) is 10.1 Å². The van der Waals surface area contributed by atoms with Gasteiger partial charge >= 0.3 is 0 Å². The van der Waals surface area contributed by atoms with Crippen molar-refractivity contribution in [2.45, 2.75) is 18.2 Å². The number of nitro benzene ring substituents is 1. The van der Waals surface area contributed by atoms with Crippen LogP contribution in [0.3, 0.4) is 0 Å². The van der Waals surface area contributed by atoms with Crippen molar-refractivity contribution in [3.63, 3.8) is 0 Å². The summed E-state index contributed by atoms with van der Waals surface area (Å²) in [6.45, 7) is 1.40. The molecule has 0 bridgehead atoms. The third-order valence-corrected chi connectivity index (χ3v) is 6.26. The summed E-state index contributed by atoms with van der Waals surface area (Å²) >= 11 is 0. The summed E-state index contributed by atoms with van der Waals surface area (Å²) in [5.74, 6) is -0.594. The molecule has 3 rings (SSSR count). The Labute approximate surface area is 179 Å². The van der Waals surface area contributed by atoms with Crippen LogP contribution in [0.5, 0.6) is 5.75 Å². The van der Waals surface area contributed by atoms with Gasteiger partial charge in [-0.1, -0.05) is 37.3 Å². The maximum atomic E-state index is 13.2. The summed E-state index contributed by atoms with van der Waals surface area (Å²) in [5, 5.41) is 10.8. The van der Waals surface area contributed by atoms with Gasteiger partial charge in [-0.25, -0.2) is 8.42 Å². The number of benzene rings is 3. The third-order valence-electron chi connectivity index (χ3n) is 4.50. The number of nitro groups is 1. The molecule has 0 aliphatic heterocycles. The van der Waals surface area contributed by atoms with Crippen LogP contribution in [0.25, 0.3) is 0 Å². The Balaban J connectivity index is 1.89. The van der Waals surface area contributed by atoms with Gasteiger partial charge in [0.05, 0.1) is 15.5 Å². The molecule has 31 heavy (non-hydrogen) atoms. The Kier molecular flexibility index (Phi) is 6.66.